The number of halogens is 3. The van der Waals surface area contributed by atoms with E-state index in [1.54, 1.807) is 24.3 Å². The molecule has 6 nitrogen and oxygen atoms in total. The van der Waals surface area contributed by atoms with Crippen molar-refractivity contribution in [3.63, 3.8) is 0 Å². The summed E-state index contributed by atoms with van der Waals surface area (Å²) in [5, 5.41) is 10.3. The summed E-state index contributed by atoms with van der Waals surface area (Å²) in [6.07, 6.45) is -4.25. The lowest BCUT2D eigenvalue weighted by Crippen LogP contribution is -2.49. The van der Waals surface area contributed by atoms with E-state index in [1.807, 2.05) is 4.90 Å². The summed E-state index contributed by atoms with van der Waals surface area (Å²) in [7, 11) is 0. The molecule has 30 heavy (non-hydrogen) atoms. The number of Topliss-reactive ketones (excluding diaryl/α,β-unsaturated/α-hetero) is 1. The molecule has 1 atom stereocenters. The number of hydrogen-bond donors (Lipinski definition) is 1. The largest absolute Gasteiger partial charge is 0.491 e. The van der Waals surface area contributed by atoms with E-state index in [1.165, 1.54) is 13.0 Å². The number of aromatic nitrogens is 1. The van der Waals surface area contributed by atoms with E-state index in [0.717, 1.165) is 12.3 Å². The van der Waals surface area contributed by atoms with Crippen LogP contribution < -0.4 is 9.64 Å². The molecule has 0 amide bonds. The van der Waals surface area contributed by atoms with Gasteiger partial charge in [0.05, 0.1) is 5.56 Å². The van der Waals surface area contributed by atoms with Crippen LogP contribution in [0, 0.1) is 0 Å². The van der Waals surface area contributed by atoms with Gasteiger partial charge in [-0.3, -0.25) is 9.69 Å². The van der Waals surface area contributed by atoms with Gasteiger partial charge in [-0.15, -0.1) is 0 Å². The van der Waals surface area contributed by atoms with E-state index < -0.39 is 17.8 Å². The van der Waals surface area contributed by atoms with Gasteiger partial charge in [0, 0.05) is 44.5 Å². The molecule has 162 valence electrons. The number of pyridine rings is 1. The Kier molecular flexibility index (Phi) is 6.94. The molecule has 0 bridgehead atoms. The number of anilines is 1. The van der Waals surface area contributed by atoms with Crippen LogP contribution in [0.4, 0.5) is 19.0 Å². The summed E-state index contributed by atoms with van der Waals surface area (Å²) in [6, 6.07) is 9.23. The molecule has 1 aromatic heterocycles. The van der Waals surface area contributed by atoms with E-state index in [2.05, 4.69) is 9.88 Å². The zero-order valence-corrected chi connectivity index (χ0v) is 16.6. The van der Waals surface area contributed by atoms with Crippen molar-refractivity contribution in [2.75, 3.05) is 44.2 Å². The first-order valence-electron chi connectivity index (χ1n) is 9.65. The number of benzene rings is 1. The molecule has 0 saturated carbocycles. The molecule has 1 saturated heterocycles. The lowest BCUT2D eigenvalue weighted by molar-refractivity contribution is -0.137. The van der Waals surface area contributed by atoms with Crippen molar-refractivity contribution in [2.45, 2.75) is 19.2 Å². The third-order valence-corrected chi connectivity index (χ3v) is 4.92. The van der Waals surface area contributed by atoms with Crippen LogP contribution >= 0.6 is 0 Å². The van der Waals surface area contributed by atoms with Gasteiger partial charge in [-0.25, -0.2) is 4.98 Å². The number of β-amino-alcohol motifs (C(OH)–C–C–N with tert-alkyl or cyclic N) is 1. The zero-order valence-electron chi connectivity index (χ0n) is 16.6. The van der Waals surface area contributed by atoms with Gasteiger partial charge in [-0.05, 0) is 31.2 Å². The number of rotatable bonds is 7. The number of piperazine rings is 1. The minimum absolute atomic E-state index is 0.0543. The van der Waals surface area contributed by atoms with E-state index >= 15 is 0 Å². The van der Waals surface area contributed by atoms with E-state index in [9.17, 15) is 23.1 Å². The lowest BCUT2D eigenvalue weighted by atomic mass is 10.1. The molecular weight excluding hydrogens is 399 g/mol. The minimum atomic E-state index is -4.39. The quantitative estimate of drug-likeness (QED) is 0.691. The summed E-state index contributed by atoms with van der Waals surface area (Å²) in [5.74, 6) is 0.984. The fourth-order valence-corrected chi connectivity index (χ4v) is 3.25. The van der Waals surface area contributed by atoms with Crippen molar-refractivity contribution in [3.05, 3.63) is 53.7 Å². The number of ether oxygens (including phenoxy) is 1. The summed E-state index contributed by atoms with van der Waals surface area (Å²) in [6.45, 7) is 4.51. The topological polar surface area (TPSA) is 65.9 Å². The van der Waals surface area contributed by atoms with Gasteiger partial charge in [0.1, 0.15) is 24.3 Å². The molecule has 1 aliphatic heterocycles. The normalized spacial score (nSPS) is 16.4. The SMILES string of the molecule is CC(=O)c1cccc(OCC(O)CN2CCN(c3ccc(C(F)(F)F)cn3)CC2)c1. The molecule has 0 spiro atoms. The van der Waals surface area contributed by atoms with Gasteiger partial charge in [0.15, 0.2) is 5.78 Å². The van der Waals surface area contributed by atoms with E-state index in [-0.39, 0.29) is 12.4 Å². The number of aliphatic hydroxyl groups excluding tert-OH is 1. The van der Waals surface area contributed by atoms with Crippen LogP contribution in [0.3, 0.4) is 0 Å². The molecule has 0 aliphatic carbocycles. The second-order valence-corrected chi connectivity index (χ2v) is 7.24. The Morgan fingerprint density at radius 3 is 2.53 bits per heavy atom. The monoisotopic (exact) mass is 423 g/mol. The Hall–Kier alpha value is -2.65. The third kappa shape index (κ3) is 5.93. The highest BCUT2D eigenvalue weighted by Gasteiger charge is 2.31. The van der Waals surface area contributed by atoms with Crippen LogP contribution in [-0.4, -0.2) is 66.2 Å². The van der Waals surface area contributed by atoms with Crippen LogP contribution in [0.15, 0.2) is 42.6 Å². The minimum Gasteiger partial charge on any atom is -0.491 e. The Morgan fingerprint density at radius 2 is 1.93 bits per heavy atom. The molecule has 2 aromatic rings. The zero-order chi connectivity index (χ0) is 21.7. The average Bonchev–Trinajstić information content (AvgIpc) is 2.72. The maximum atomic E-state index is 12.7. The van der Waals surface area contributed by atoms with Crippen molar-refractivity contribution >= 4 is 11.6 Å². The standard InChI is InChI=1S/C21H24F3N3O3/c1-15(28)16-3-2-4-19(11-16)30-14-18(29)13-26-7-9-27(10-8-26)20-6-5-17(12-25-20)21(22,23)24/h2-6,11-12,18,29H,7-10,13-14H2,1H3. The fourth-order valence-electron chi connectivity index (χ4n) is 3.25. The number of alkyl halides is 3. The lowest BCUT2D eigenvalue weighted by Gasteiger charge is -2.36. The number of ketones is 1. The summed E-state index contributed by atoms with van der Waals surface area (Å²) in [4.78, 5) is 19.3. The smallest absolute Gasteiger partial charge is 0.417 e. The first-order chi connectivity index (χ1) is 14.2. The third-order valence-electron chi connectivity index (χ3n) is 4.92. The Labute approximate surface area is 172 Å². The predicted molar refractivity (Wildman–Crippen MR) is 106 cm³/mol. The molecule has 0 radical (unpaired) electrons. The Morgan fingerprint density at radius 1 is 1.20 bits per heavy atom. The van der Waals surface area contributed by atoms with Gasteiger partial charge < -0.3 is 14.7 Å². The second kappa shape index (κ2) is 9.44. The highest BCUT2D eigenvalue weighted by atomic mass is 19.4. The molecular formula is C21H24F3N3O3. The van der Waals surface area contributed by atoms with Crippen molar-refractivity contribution in [1.82, 2.24) is 9.88 Å². The van der Waals surface area contributed by atoms with Gasteiger partial charge in [-0.2, -0.15) is 13.2 Å². The van der Waals surface area contributed by atoms with Crippen LogP contribution in [0.25, 0.3) is 0 Å². The van der Waals surface area contributed by atoms with Crippen LogP contribution in [0.1, 0.15) is 22.8 Å². The van der Waals surface area contributed by atoms with E-state index in [4.69, 9.17) is 4.74 Å². The van der Waals surface area contributed by atoms with Crippen molar-refractivity contribution in [1.29, 1.82) is 0 Å². The maximum Gasteiger partial charge on any atom is 0.417 e. The Balaban J connectivity index is 1.44. The van der Waals surface area contributed by atoms with Gasteiger partial charge in [0.2, 0.25) is 0 Å². The van der Waals surface area contributed by atoms with Gasteiger partial charge in [0.25, 0.3) is 0 Å². The number of hydrogen-bond acceptors (Lipinski definition) is 6. The molecule has 1 fully saturated rings. The van der Waals surface area contributed by atoms with Crippen molar-refractivity contribution in [3.8, 4) is 5.75 Å². The predicted octanol–water partition coefficient (Wildman–Crippen LogP) is 2.86. The molecule has 2 heterocycles. The summed E-state index contributed by atoms with van der Waals surface area (Å²) in [5.41, 5.74) is -0.211. The van der Waals surface area contributed by atoms with Crippen LogP contribution in [-0.2, 0) is 6.18 Å². The summed E-state index contributed by atoms with van der Waals surface area (Å²) >= 11 is 0. The molecule has 9 heteroatoms. The number of aliphatic hydroxyl groups is 1. The average molecular weight is 423 g/mol. The molecule has 3 rings (SSSR count). The molecule has 1 aliphatic rings. The van der Waals surface area contributed by atoms with Crippen molar-refractivity contribution < 1.29 is 27.8 Å². The maximum absolute atomic E-state index is 12.7. The number of carbonyl (C=O) groups is 1. The van der Waals surface area contributed by atoms with E-state index in [0.29, 0.717) is 49.9 Å². The summed E-state index contributed by atoms with van der Waals surface area (Å²) < 4.78 is 43.5. The molecule has 1 aromatic carbocycles. The number of nitrogens with zero attached hydrogens (tertiary/aromatic N) is 3. The van der Waals surface area contributed by atoms with Crippen LogP contribution in [0.5, 0.6) is 5.75 Å². The fraction of sp³-hybridized carbons (Fsp3) is 0.429. The second-order valence-electron chi connectivity index (χ2n) is 7.24. The van der Waals surface area contributed by atoms with Crippen LogP contribution in [0.2, 0.25) is 0 Å². The van der Waals surface area contributed by atoms with Gasteiger partial charge >= 0.3 is 6.18 Å². The highest BCUT2D eigenvalue weighted by Crippen LogP contribution is 2.29. The highest BCUT2D eigenvalue weighted by molar-refractivity contribution is 5.94. The molecule has 1 N–H and O–H groups in total. The number of carbonyl (C=O) groups excluding carboxylic acids is 1. The first-order valence-corrected chi connectivity index (χ1v) is 9.65. The molecule has 1 unspecified atom stereocenters. The van der Waals surface area contributed by atoms with Gasteiger partial charge in [-0.1, -0.05) is 12.1 Å². The Bertz CT molecular complexity index is 851. The van der Waals surface area contributed by atoms with Crippen molar-refractivity contribution in [2.24, 2.45) is 0 Å². The first kappa shape index (κ1) is 22.0.